The van der Waals surface area contributed by atoms with Gasteiger partial charge in [0.05, 0.1) is 5.52 Å². The van der Waals surface area contributed by atoms with E-state index in [4.69, 9.17) is 0 Å². The number of benzene rings is 2. The second-order valence-corrected chi connectivity index (χ2v) is 5.12. The molecule has 0 saturated carbocycles. The van der Waals surface area contributed by atoms with Crippen molar-refractivity contribution in [3.8, 4) is 0 Å². The molecule has 22 heavy (non-hydrogen) atoms. The molecule has 3 N–H and O–H groups in total. The van der Waals surface area contributed by atoms with Crippen LogP contribution in [0.1, 0.15) is 5.56 Å². The minimum Gasteiger partial charge on any atom is -0.480 e. The highest BCUT2D eigenvalue weighted by Gasteiger charge is 2.20. The summed E-state index contributed by atoms with van der Waals surface area (Å²) in [4.78, 5) is 11.5. The molecule has 0 saturated heterocycles. The first-order valence-electron chi connectivity index (χ1n) is 6.98. The number of carboxylic acids is 1. The maximum Gasteiger partial charge on any atom is 0.326 e. The number of anilines is 1. The van der Waals surface area contributed by atoms with Crippen LogP contribution in [0, 0.1) is 0 Å². The molecule has 0 bridgehead atoms. The number of hydrogen-bond acceptors (Lipinski definition) is 3. The Balaban J connectivity index is 1.88. The summed E-state index contributed by atoms with van der Waals surface area (Å²) in [6.45, 7) is 0. The van der Waals surface area contributed by atoms with Gasteiger partial charge in [-0.15, -0.1) is 0 Å². The van der Waals surface area contributed by atoms with Gasteiger partial charge in [0.2, 0.25) is 0 Å². The highest BCUT2D eigenvalue weighted by atomic mass is 16.5. The van der Waals surface area contributed by atoms with Crippen molar-refractivity contribution >= 4 is 22.6 Å². The summed E-state index contributed by atoms with van der Waals surface area (Å²) >= 11 is 0. The first kappa shape index (κ1) is 14.0. The van der Waals surface area contributed by atoms with Gasteiger partial charge in [-0.2, -0.15) is 4.73 Å². The lowest BCUT2D eigenvalue weighted by Gasteiger charge is -2.15. The van der Waals surface area contributed by atoms with E-state index in [1.807, 2.05) is 48.5 Å². The predicted molar refractivity (Wildman–Crippen MR) is 84.3 cm³/mol. The van der Waals surface area contributed by atoms with Crippen molar-refractivity contribution in [3.63, 3.8) is 0 Å². The quantitative estimate of drug-likeness (QED) is 0.633. The first-order chi connectivity index (χ1) is 10.6. The van der Waals surface area contributed by atoms with Crippen LogP contribution in [0.3, 0.4) is 0 Å². The third-order valence-electron chi connectivity index (χ3n) is 3.61. The third-order valence-corrected chi connectivity index (χ3v) is 3.61. The van der Waals surface area contributed by atoms with Crippen molar-refractivity contribution < 1.29 is 15.1 Å². The van der Waals surface area contributed by atoms with Crippen molar-refractivity contribution in [3.05, 3.63) is 66.4 Å². The van der Waals surface area contributed by atoms with Crippen LogP contribution in [-0.4, -0.2) is 27.1 Å². The zero-order valence-corrected chi connectivity index (χ0v) is 11.8. The Labute approximate surface area is 127 Å². The Morgan fingerprint density at radius 1 is 1.09 bits per heavy atom. The minimum atomic E-state index is -0.932. The Morgan fingerprint density at radius 3 is 2.50 bits per heavy atom. The molecule has 1 aromatic heterocycles. The maximum absolute atomic E-state index is 11.5. The normalized spacial score (nSPS) is 12.2. The molecule has 3 rings (SSSR count). The molecule has 1 unspecified atom stereocenters. The van der Waals surface area contributed by atoms with Crippen LogP contribution in [0.2, 0.25) is 0 Å². The number of fused-ring (bicyclic) bond motifs is 1. The van der Waals surface area contributed by atoms with Gasteiger partial charge in [0.25, 0.3) is 0 Å². The fourth-order valence-electron chi connectivity index (χ4n) is 2.55. The number of nitrogens with one attached hydrogen (secondary N) is 1. The smallest absolute Gasteiger partial charge is 0.326 e. The lowest BCUT2D eigenvalue weighted by Crippen LogP contribution is -2.31. The summed E-state index contributed by atoms with van der Waals surface area (Å²) in [7, 11) is 0. The largest absolute Gasteiger partial charge is 0.480 e. The molecule has 0 aliphatic heterocycles. The number of aliphatic carboxylic acids is 1. The Morgan fingerprint density at radius 2 is 1.77 bits per heavy atom. The fraction of sp³-hybridized carbons (Fsp3) is 0.118. The van der Waals surface area contributed by atoms with Crippen LogP contribution >= 0.6 is 0 Å². The molecule has 0 aliphatic rings. The minimum absolute atomic E-state index is 0.276. The number of nitrogens with zero attached hydrogens (tertiary/aromatic N) is 1. The van der Waals surface area contributed by atoms with E-state index in [2.05, 4.69) is 5.32 Å². The zero-order chi connectivity index (χ0) is 15.5. The van der Waals surface area contributed by atoms with Crippen LogP contribution in [0.25, 0.3) is 10.9 Å². The molecule has 0 spiro atoms. The van der Waals surface area contributed by atoms with Crippen LogP contribution in [0.5, 0.6) is 0 Å². The summed E-state index contributed by atoms with van der Waals surface area (Å²) in [5.74, 6) is -0.932. The van der Waals surface area contributed by atoms with Gasteiger partial charge >= 0.3 is 5.97 Å². The number of para-hydroxylation sites is 2. The van der Waals surface area contributed by atoms with Crippen LogP contribution < -0.4 is 5.32 Å². The molecule has 0 aliphatic carbocycles. The number of aromatic nitrogens is 1. The molecular weight excluding hydrogens is 280 g/mol. The van der Waals surface area contributed by atoms with Crippen LogP contribution in [-0.2, 0) is 11.2 Å². The summed E-state index contributed by atoms with van der Waals surface area (Å²) in [5.41, 5.74) is 2.21. The molecule has 112 valence electrons. The van der Waals surface area contributed by atoms with Crippen molar-refractivity contribution in [2.75, 3.05) is 5.32 Å². The SMILES string of the molecule is O=C(O)C(Cc1cn(O)c2ccccc12)Nc1ccccc1. The molecule has 0 fully saturated rings. The lowest BCUT2D eigenvalue weighted by atomic mass is 10.0. The van der Waals surface area contributed by atoms with Crippen molar-refractivity contribution in [2.45, 2.75) is 12.5 Å². The molecule has 5 heteroatoms. The van der Waals surface area contributed by atoms with Crippen LogP contribution in [0.4, 0.5) is 5.69 Å². The van der Waals surface area contributed by atoms with Crippen molar-refractivity contribution in [2.24, 2.45) is 0 Å². The summed E-state index contributed by atoms with van der Waals surface area (Å²) < 4.78 is 1.03. The Kier molecular flexibility index (Phi) is 3.70. The van der Waals surface area contributed by atoms with Gasteiger partial charge in [0.15, 0.2) is 0 Å². The highest BCUT2D eigenvalue weighted by Crippen LogP contribution is 2.22. The molecule has 2 aromatic carbocycles. The molecule has 5 nitrogen and oxygen atoms in total. The molecule has 1 heterocycles. The molecule has 0 amide bonds. The third kappa shape index (κ3) is 2.74. The van der Waals surface area contributed by atoms with E-state index in [1.54, 1.807) is 12.3 Å². The molecular formula is C17H16N2O3. The second-order valence-electron chi connectivity index (χ2n) is 5.12. The highest BCUT2D eigenvalue weighted by molar-refractivity contribution is 5.85. The van der Waals surface area contributed by atoms with Gasteiger partial charge in [0, 0.05) is 23.7 Å². The first-order valence-corrected chi connectivity index (χ1v) is 6.98. The topological polar surface area (TPSA) is 74.5 Å². The second kappa shape index (κ2) is 5.81. The summed E-state index contributed by atoms with van der Waals surface area (Å²) in [5, 5.41) is 23.2. The average molecular weight is 296 g/mol. The molecule has 3 aromatic rings. The average Bonchev–Trinajstić information content (AvgIpc) is 2.84. The zero-order valence-electron chi connectivity index (χ0n) is 11.8. The van der Waals surface area contributed by atoms with E-state index in [-0.39, 0.29) is 6.42 Å². The monoisotopic (exact) mass is 296 g/mol. The maximum atomic E-state index is 11.5. The lowest BCUT2D eigenvalue weighted by molar-refractivity contribution is -0.137. The Bertz CT molecular complexity index is 796. The van der Waals surface area contributed by atoms with Gasteiger partial charge in [-0.3, -0.25) is 0 Å². The Hall–Kier alpha value is -2.95. The van der Waals surface area contributed by atoms with Gasteiger partial charge in [-0.1, -0.05) is 36.4 Å². The van der Waals surface area contributed by atoms with Gasteiger partial charge in [-0.25, -0.2) is 4.79 Å². The summed E-state index contributed by atoms with van der Waals surface area (Å²) in [6.07, 6.45) is 1.84. The number of rotatable bonds is 5. The number of carbonyl (C=O) groups is 1. The van der Waals surface area contributed by atoms with Gasteiger partial charge < -0.3 is 15.6 Å². The van der Waals surface area contributed by atoms with Crippen molar-refractivity contribution in [1.29, 1.82) is 0 Å². The summed E-state index contributed by atoms with van der Waals surface area (Å²) in [6, 6.07) is 15.8. The predicted octanol–water partition coefficient (Wildman–Crippen LogP) is 2.99. The van der Waals surface area contributed by atoms with Crippen LogP contribution in [0.15, 0.2) is 60.8 Å². The molecule has 0 radical (unpaired) electrons. The van der Waals surface area contributed by atoms with E-state index in [0.29, 0.717) is 5.52 Å². The van der Waals surface area contributed by atoms with E-state index in [9.17, 15) is 15.1 Å². The fourth-order valence-corrected chi connectivity index (χ4v) is 2.55. The van der Waals surface area contributed by atoms with E-state index in [1.165, 1.54) is 0 Å². The van der Waals surface area contributed by atoms with Gasteiger partial charge in [0.1, 0.15) is 6.04 Å². The van der Waals surface area contributed by atoms with Crippen molar-refractivity contribution in [1.82, 2.24) is 4.73 Å². The van der Waals surface area contributed by atoms with E-state index < -0.39 is 12.0 Å². The van der Waals surface area contributed by atoms with E-state index in [0.717, 1.165) is 21.4 Å². The number of hydrogen-bond donors (Lipinski definition) is 3. The van der Waals surface area contributed by atoms with E-state index >= 15 is 0 Å². The molecule has 1 atom stereocenters. The number of carboxylic acid groups (broad SMARTS) is 1. The standard InChI is InChI=1S/C17H16N2O3/c20-17(21)15(18-13-6-2-1-3-7-13)10-12-11-19(22)16-9-5-4-8-14(12)16/h1-9,11,15,18,22H,10H2,(H,20,21). The van der Waals surface area contributed by atoms with Gasteiger partial charge in [-0.05, 0) is 23.8 Å².